The molecule has 0 radical (unpaired) electrons. The lowest BCUT2D eigenvalue weighted by Gasteiger charge is -2.11. The molecular weight excluding hydrogens is 250 g/mol. The summed E-state index contributed by atoms with van der Waals surface area (Å²) in [7, 11) is 0. The predicted molar refractivity (Wildman–Crippen MR) is 80.4 cm³/mol. The molecule has 0 aliphatic heterocycles. The van der Waals surface area contributed by atoms with Crippen molar-refractivity contribution in [3.63, 3.8) is 0 Å². The molecule has 0 aromatic heterocycles. The molecule has 1 atom stereocenters. The van der Waals surface area contributed by atoms with E-state index in [1.807, 2.05) is 48.5 Å². The van der Waals surface area contributed by atoms with Crippen LogP contribution in [0.25, 0.3) is 0 Å². The van der Waals surface area contributed by atoms with Gasteiger partial charge in [-0.3, -0.25) is 0 Å². The first-order valence-electron chi connectivity index (χ1n) is 6.90. The Labute approximate surface area is 120 Å². The molecule has 0 saturated heterocycles. The maximum absolute atomic E-state index is 8.99. The van der Waals surface area contributed by atoms with E-state index in [9.17, 15) is 0 Å². The van der Waals surface area contributed by atoms with Crippen LogP contribution >= 0.6 is 0 Å². The second-order valence-corrected chi connectivity index (χ2v) is 4.85. The molecule has 0 aliphatic carbocycles. The molecule has 0 aliphatic rings. The van der Waals surface area contributed by atoms with E-state index >= 15 is 0 Å². The van der Waals surface area contributed by atoms with Crippen molar-refractivity contribution in [1.82, 2.24) is 0 Å². The molecule has 0 spiro atoms. The number of rotatable bonds is 6. The Kier molecular flexibility index (Phi) is 5.16. The highest BCUT2D eigenvalue weighted by Gasteiger charge is 2.03. The number of hydrogen-bond acceptors (Lipinski definition) is 3. The van der Waals surface area contributed by atoms with Gasteiger partial charge in [0.25, 0.3) is 0 Å². The van der Waals surface area contributed by atoms with E-state index in [-0.39, 0.29) is 12.6 Å². The highest BCUT2D eigenvalue weighted by atomic mass is 16.5. The number of aliphatic hydroxyl groups excluding tert-OH is 1. The van der Waals surface area contributed by atoms with Crippen LogP contribution in [0.4, 0.5) is 0 Å². The van der Waals surface area contributed by atoms with Crippen LogP contribution in [0.3, 0.4) is 0 Å². The molecule has 0 amide bonds. The van der Waals surface area contributed by atoms with E-state index in [1.54, 1.807) is 0 Å². The van der Waals surface area contributed by atoms with Gasteiger partial charge in [-0.15, -0.1) is 0 Å². The van der Waals surface area contributed by atoms with Gasteiger partial charge in [-0.2, -0.15) is 0 Å². The Morgan fingerprint density at radius 1 is 1.00 bits per heavy atom. The van der Waals surface area contributed by atoms with E-state index in [0.717, 1.165) is 28.9 Å². The van der Waals surface area contributed by atoms with Crippen molar-refractivity contribution in [2.45, 2.75) is 32.6 Å². The molecule has 0 heterocycles. The van der Waals surface area contributed by atoms with Gasteiger partial charge in [-0.05, 0) is 35.2 Å². The monoisotopic (exact) mass is 271 g/mol. The number of hydrogen-bond donors (Lipinski definition) is 2. The molecule has 0 fully saturated rings. The van der Waals surface area contributed by atoms with Crippen molar-refractivity contribution < 1.29 is 9.84 Å². The van der Waals surface area contributed by atoms with Crippen molar-refractivity contribution in [2.24, 2.45) is 5.73 Å². The maximum Gasteiger partial charge on any atom is 0.119 e. The third kappa shape index (κ3) is 3.83. The minimum atomic E-state index is 0.0697. The summed E-state index contributed by atoms with van der Waals surface area (Å²) in [5, 5.41) is 8.99. The minimum Gasteiger partial charge on any atom is -0.489 e. The second-order valence-electron chi connectivity index (χ2n) is 4.85. The third-order valence-electron chi connectivity index (χ3n) is 3.36. The number of ether oxygens (including phenoxy) is 1. The Morgan fingerprint density at radius 2 is 1.60 bits per heavy atom. The Hall–Kier alpha value is -1.84. The summed E-state index contributed by atoms with van der Waals surface area (Å²) in [5.74, 6) is 0.836. The van der Waals surface area contributed by atoms with Gasteiger partial charge in [0.2, 0.25) is 0 Å². The lowest BCUT2D eigenvalue weighted by Crippen LogP contribution is -2.08. The fraction of sp³-hybridized carbons (Fsp3) is 0.294. The zero-order chi connectivity index (χ0) is 14.4. The van der Waals surface area contributed by atoms with Crippen molar-refractivity contribution >= 4 is 0 Å². The fourth-order valence-corrected chi connectivity index (χ4v) is 1.95. The molecule has 2 rings (SSSR count). The lowest BCUT2D eigenvalue weighted by atomic mass is 10.1. The molecule has 2 aromatic carbocycles. The SMILES string of the molecule is CC[C@@H](N)c1ccc(OCc2ccc(CO)cc2)cc1. The van der Waals surface area contributed by atoms with Crippen molar-refractivity contribution in [2.75, 3.05) is 0 Å². The summed E-state index contributed by atoms with van der Waals surface area (Å²) in [6.07, 6.45) is 0.928. The normalized spacial score (nSPS) is 12.2. The van der Waals surface area contributed by atoms with Crippen LogP contribution in [-0.2, 0) is 13.2 Å². The van der Waals surface area contributed by atoms with Gasteiger partial charge in [0.1, 0.15) is 12.4 Å². The Morgan fingerprint density at radius 3 is 2.15 bits per heavy atom. The summed E-state index contributed by atoms with van der Waals surface area (Å²) in [6.45, 7) is 2.66. The van der Waals surface area contributed by atoms with Crippen molar-refractivity contribution in [3.8, 4) is 5.75 Å². The fourth-order valence-electron chi connectivity index (χ4n) is 1.95. The van der Waals surface area contributed by atoms with Crippen molar-refractivity contribution in [1.29, 1.82) is 0 Å². The van der Waals surface area contributed by atoms with Crippen LogP contribution in [0.1, 0.15) is 36.1 Å². The number of nitrogens with two attached hydrogens (primary N) is 1. The largest absolute Gasteiger partial charge is 0.489 e. The van der Waals surface area contributed by atoms with Gasteiger partial charge in [-0.1, -0.05) is 43.3 Å². The zero-order valence-corrected chi connectivity index (χ0v) is 11.8. The van der Waals surface area contributed by atoms with E-state index in [1.165, 1.54) is 0 Å². The van der Waals surface area contributed by atoms with Crippen molar-refractivity contribution in [3.05, 3.63) is 65.2 Å². The van der Waals surface area contributed by atoms with Gasteiger partial charge in [0, 0.05) is 6.04 Å². The van der Waals surface area contributed by atoms with Crippen LogP contribution in [0.15, 0.2) is 48.5 Å². The van der Waals surface area contributed by atoms with Crippen LogP contribution in [0.2, 0.25) is 0 Å². The summed E-state index contributed by atoms with van der Waals surface area (Å²) in [5.41, 5.74) is 9.10. The molecule has 20 heavy (non-hydrogen) atoms. The van der Waals surface area contributed by atoms with Gasteiger partial charge in [0.05, 0.1) is 6.61 Å². The molecule has 2 aromatic rings. The highest BCUT2D eigenvalue weighted by Crippen LogP contribution is 2.19. The number of aliphatic hydroxyl groups is 1. The molecule has 0 bridgehead atoms. The Balaban J connectivity index is 1.93. The van der Waals surface area contributed by atoms with Crippen LogP contribution in [0.5, 0.6) is 5.75 Å². The van der Waals surface area contributed by atoms with Gasteiger partial charge in [-0.25, -0.2) is 0 Å². The van der Waals surface area contributed by atoms with E-state index in [0.29, 0.717) is 6.61 Å². The first kappa shape index (κ1) is 14.6. The summed E-state index contributed by atoms with van der Waals surface area (Å²) in [4.78, 5) is 0. The van der Waals surface area contributed by atoms with Crippen LogP contribution < -0.4 is 10.5 Å². The molecule has 3 heteroatoms. The Bertz CT molecular complexity index is 520. The molecular formula is C17H21NO2. The van der Waals surface area contributed by atoms with Gasteiger partial charge in [0.15, 0.2) is 0 Å². The zero-order valence-electron chi connectivity index (χ0n) is 11.8. The number of benzene rings is 2. The van der Waals surface area contributed by atoms with E-state index in [2.05, 4.69) is 6.92 Å². The standard InChI is InChI=1S/C17H21NO2/c1-2-17(18)15-7-9-16(10-8-15)20-12-14-5-3-13(11-19)4-6-14/h3-10,17,19H,2,11-12,18H2,1H3/t17-/m1/s1. The maximum atomic E-state index is 8.99. The first-order chi connectivity index (χ1) is 9.72. The average molecular weight is 271 g/mol. The second kappa shape index (κ2) is 7.08. The quantitative estimate of drug-likeness (QED) is 0.848. The smallest absolute Gasteiger partial charge is 0.119 e. The van der Waals surface area contributed by atoms with Gasteiger partial charge >= 0.3 is 0 Å². The highest BCUT2D eigenvalue weighted by molar-refractivity contribution is 5.29. The molecule has 0 unspecified atom stereocenters. The van der Waals surface area contributed by atoms with E-state index in [4.69, 9.17) is 15.6 Å². The summed E-state index contributed by atoms with van der Waals surface area (Å²) >= 11 is 0. The minimum absolute atomic E-state index is 0.0697. The third-order valence-corrected chi connectivity index (χ3v) is 3.36. The first-order valence-corrected chi connectivity index (χ1v) is 6.90. The summed E-state index contributed by atoms with van der Waals surface area (Å²) in [6, 6.07) is 15.8. The van der Waals surface area contributed by atoms with E-state index < -0.39 is 0 Å². The molecule has 0 saturated carbocycles. The summed E-state index contributed by atoms with van der Waals surface area (Å²) < 4.78 is 5.73. The average Bonchev–Trinajstić information content (AvgIpc) is 2.53. The van der Waals surface area contributed by atoms with Crippen LogP contribution in [-0.4, -0.2) is 5.11 Å². The van der Waals surface area contributed by atoms with Gasteiger partial charge < -0.3 is 15.6 Å². The lowest BCUT2D eigenvalue weighted by molar-refractivity contribution is 0.281. The predicted octanol–water partition coefficient (Wildman–Crippen LogP) is 3.17. The molecule has 106 valence electrons. The topological polar surface area (TPSA) is 55.5 Å². The molecule has 3 N–H and O–H groups in total. The van der Waals surface area contributed by atoms with Crippen LogP contribution in [0, 0.1) is 0 Å². The molecule has 3 nitrogen and oxygen atoms in total.